The molecule has 2 unspecified atom stereocenters. The Morgan fingerprint density at radius 2 is 1.86 bits per heavy atom. The Bertz CT molecular complexity index is 531. The van der Waals surface area contributed by atoms with E-state index in [1.807, 2.05) is 0 Å². The molecule has 2 aliphatic heterocycles. The van der Waals surface area contributed by atoms with Crippen molar-refractivity contribution < 1.29 is 4.74 Å². The molecule has 3 fully saturated rings. The van der Waals surface area contributed by atoms with Crippen molar-refractivity contribution in [2.24, 2.45) is 0 Å². The number of hydrogen-bond acceptors (Lipinski definition) is 5. The van der Waals surface area contributed by atoms with Crippen molar-refractivity contribution in [3.8, 4) is 0 Å². The molecule has 4 rings (SSSR count). The molecule has 0 aromatic carbocycles. The van der Waals surface area contributed by atoms with Gasteiger partial charge in [-0.1, -0.05) is 0 Å². The smallest absolute Gasteiger partial charge is 0.137 e. The molecule has 2 saturated heterocycles. The lowest BCUT2D eigenvalue weighted by molar-refractivity contribution is 0.0301. The van der Waals surface area contributed by atoms with E-state index in [0.717, 1.165) is 37.1 Å². The maximum Gasteiger partial charge on any atom is 0.137 e. The first-order valence-corrected chi connectivity index (χ1v) is 8.27. The summed E-state index contributed by atoms with van der Waals surface area (Å²) in [6, 6.07) is 0. The molecule has 5 nitrogen and oxygen atoms in total. The summed E-state index contributed by atoms with van der Waals surface area (Å²) in [6.07, 6.45) is 5.65. The van der Waals surface area contributed by atoms with Crippen LogP contribution in [0, 0.1) is 6.92 Å². The monoisotopic (exact) mass is 288 g/mol. The van der Waals surface area contributed by atoms with Crippen LogP contribution < -0.4 is 10.2 Å². The molecular weight excluding hydrogens is 264 g/mol. The second-order valence-corrected chi connectivity index (χ2v) is 6.55. The molecule has 1 aromatic heterocycles. The summed E-state index contributed by atoms with van der Waals surface area (Å²) in [4.78, 5) is 12.1. The standard InChI is InChI=1S/C16H24N4O/c1-3-17-14-10(2)16(19-15(18-14)11-4-5-11)20-8-12-6-7-13(9-20)21-12/h11-13H,3-9H2,1-2H3,(H,17,18,19). The van der Waals surface area contributed by atoms with Crippen molar-refractivity contribution in [2.45, 2.75) is 57.7 Å². The number of ether oxygens (including phenoxy) is 1. The highest BCUT2D eigenvalue weighted by molar-refractivity contribution is 5.59. The molecule has 2 bridgehead atoms. The van der Waals surface area contributed by atoms with Crippen LogP contribution in [0.15, 0.2) is 0 Å². The minimum Gasteiger partial charge on any atom is -0.371 e. The SMILES string of the molecule is CCNc1nc(C2CC2)nc(N2CC3CCC(C2)O3)c1C. The summed E-state index contributed by atoms with van der Waals surface area (Å²) in [5.74, 6) is 3.76. The number of hydrogen-bond donors (Lipinski definition) is 1. The summed E-state index contributed by atoms with van der Waals surface area (Å²) in [5, 5.41) is 3.41. The van der Waals surface area contributed by atoms with E-state index in [1.54, 1.807) is 0 Å². The number of nitrogens with zero attached hydrogens (tertiary/aromatic N) is 3. The van der Waals surface area contributed by atoms with E-state index in [1.165, 1.54) is 31.2 Å². The molecule has 21 heavy (non-hydrogen) atoms. The topological polar surface area (TPSA) is 50.3 Å². The van der Waals surface area contributed by atoms with Crippen LogP contribution in [0.2, 0.25) is 0 Å². The molecule has 1 aliphatic carbocycles. The van der Waals surface area contributed by atoms with Crippen molar-refractivity contribution in [1.29, 1.82) is 0 Å². The van der Waals surface area contributed by atoms with Gasteiger partial charge in [0.1, 0.15) is 17.5 Å². The van der Waals surface area contributed by atoms with Gasteiger partial charge in [0.05, 0.1) is 12.2 Å². The Morgan fingerprint density at radius 3 is 2.48 bits per heavy atom. The van der Waals surface area contributed by atoms with Gasteiger partial charge in [-0.15, -0.1) is 0 Å². The van der Waals surface area contributed by atoms with Gasteiger partial charge in [0.2, 0.25) is 0 Å². The molecule has 1 N–H and O–H groups in total. The maximum absolute atomic E-state index is 5.96. The van der Waals surface area contributed by atoms with E-state index >= 15 is 0 Å². The first kappa shape index (κ1) is 13.3. The number of morpholine rings is 1. The summed E-state index contributed by atoms with van der Waals surface area (Å²) < 4.78 is 5.96. The van der Waals surface area contributed by atoms with Crippen LogP contribution in [0.25, 0.3) is 0 Å². The van der Waals surface area contributed by atoms with Crippen LogP contribution in [0.3, 0.4) is 0 Å². The lowest BCUT2D eigenvalue weighted by atomic mass is 10.2. The zero-order valence-electron chi connectivity index (χ0n) is 12.9. The highest BCUT2D eigenvalue weighted by Gasteiger charge is 2.36. The van der Waals surface area contributed by atoms with Crippen LogP contribution in [-0.2, 0) is 4.74 Å². The number of aromatic nitrogens is 2. The Labute approximate surface area is 126 Å². The van der Waals surface area contributed by atoms with E-state index in [2.05, 4.69) is 24.1 Å². The third-order valence-corrected chi connectivity index (χ3v) is 4.77. The lowest BCUT2D eigenvalue weighted by Gasteiger charge is -2.34. The second kappa shape index (κ2) is 5.13. The predicted octanol–water partition coefficient (Wildman–Crippen LogP) is 2.46. The lowest BCUT2D eigenvalue weighted by Crippen LogP contribution is -2.43. The van der Waals surface area contributed by atoms with Gasteiger partial charge in [-0.25, -0.2) is 9.97 Å². The van der Waals surface area contributed by atoms with Crippen LogP contribution in [0.4, 0.5) is 11.6 Å². The van der Waals surface area contributed by atoms with Gasteiger partial charge in [0.25, 0.3) is 0 Å². The maximum atomic E-state index is 5.96. The average molecular weight is 288 g/mol. The van der Waals surface area contributed by atoms with E-state index in [9.17, 15) is 0 Å². The van der Waals surface area contributed by atoms with Crippen molar-refractivity contribution in [2.75, 3.05) is 29.9 Å². The molecule has 0 amide bonds. The summed E-state index contributed by atoms with van der Waals surface area (Å²) in [5.41, 5.74) is 1.18. The van der Waals surface area contributed by atoms with E-state index in [-0.39, 0.29) is 0 Å². The summed E-state index contributed by atoms with van der Waals surface area (Å²) in [7, 11) is 0. The minimum absolute atomic E-state index is 0.394. The highest BCUT2D eigenvalue weighted by atomic mass is 16.5. The molecule has 0 spiro atoms. The fourth-order valence-corrected chi connectivity index (χ4v) is 3.48. The molecule has 2 atom stereocenters. The van der Waals surface area contributed by atoms with Gasteiger partial charge in [0.15, 0.2) is 0 Å². The van der Waals surface area contributed by atoms with Gasteiger partial charge in [0, 0.05) is 31.1 Å². The van der Waals surface area contributed by atoms with Crippen LogP contribution in [-0.4, -0.2) is 41.8 Å². The quantitative estimate of drug-likeness (QED) is 0.922. The molecule has 3 aliphatic rings. The Kier molecular flexibility index (Phi) is 3.25. The second-order valence-electron chi connectivity index (χ2n) is 6.55. The first-order chi connectivity index (χ1) is 10.2. The van der Waals surface area contributed by atoms with Crippen molar-refractivity contribution in [1.82, 2.24) is 9.97 Å². The number of nitrogens with one attached hydrogen (secondary N) is 1. The van der Waals surface area contributed by atoms with Gasteiger partial charge in [-0.3, -0.25) is 0 Å². The van der Waals surface area contributed by atoms with Crippen LogP contribution in [0.1, 0.15) is 49.9 Å². The minimum atomic E-state index is 0.394. The predicted molar refractivity (Wildman–Crippen MR) is 83.0 cm³/mol. The van der Waals surface area contributed by atoms with Crippen molar-refractivity contribution in [3.05, 3.63) is 11.4 Å². The van der Waals surface area contributed by atoms with Crippen LogP contribution in [0.5, 0.6) is 0 Å². The average Bonchev–Trinajstić information content (AvgIpc) is 3.27. The van der Waals surface area contributed by atoms with Gasteiger partial charge in [-0.2, -0.15) is 0 Å². The highest BCUT2D eigenvalue weighted by Crippen LogP contribution is 2.40. The number of anilines is 2. The molecule has 3 heterocycles. The van der Waals surface area contributed by atoms with Gasteiger partial charge in [-0.05, 0) is 39.5 Å². The zero-order valence-corrected chi connectivity index (χ0v) is 12.9. The molecule has 0 radical (unpaired) electrons. The molecule has 114 valence electrons. The third kappa shape index (κ3) is 2.48. The molecular formula is C16H24N4O. The Hall–Kier alpha value is -1.36. The van der Waals surface area contributed by atoms with E-state index < -0.39 is 0 Å². The normalized spacial score (nSPS) is 28.0. The summed E-state index contributed by atoms with van der Waals surface area (Å²) in [6.45, 7) is 7.11. The fourth-order valence-electron chi connectivity index (χ4n) is 3.48. The van der Waals surface area contributed by atoms with Crippen LogP contribution >= 0.6 is 0 Å². The number of fused-ring (bicyclic) bond motifs is 2. The largest absolute Gasteiger partial charge is 0.371 e. The van der Waals surface area contributed by atoms with Crippen molar-refractivity contribution in [3.63, 3.8) is 0 Å². The summed E-state index contributed by atoms with van der Waals surface area (Å²) >= 11 is 0. The van der Waals surface area contributed by atoms with Gasteiger partial charge >= 0.3 is 0 Å². The first-order valence-electron chi connectivity index (χ1n) is 8.27. The van der Waals surface area contributed by atoms with Gasteiger partial charge < -0.3 is 15.0 Å². The molecule has 5 heteroatoms. The Balaban J connectivity index is 1.69. The van der Waals surface area contributed by atoms with E-state index in [0.29, 0.717) is 18.1 Å². The molecule has 1 saturated carbocycles. The number of rotatable bonds is 4. The zero-order chi connectivity index (χ0) is 14.4. The molecule has 1 aromatic rings. The van der Waals surface area contributed by atoms with Crippen molar-refractivity contribution >= 4 is 11.6 Å². The van der Waals surface area contributed by atoms with E-state index in [4.69, 9.17) is 14.7 Å². The fraction of sp³-hybridized carbons (Fsp3) is 0.750. The Morgan fingerprint density at radius 1 is 1.14 bits per heavy atom. The third-order valence-electron chi connectivity index (χ3n) is 4.77.